The van der Waals surface area contributed by atoms with Crippen LogP contribution in [-0.4, -0.2) is 22.2 Å². The van der Waals surface area contributed by atoms with Crippen molar-refractivity contribution in [3.8, 4) is 5.69 Å². The second kappa shape index (κ2) is 5.90. The van der Waals surface area contributed by atoms with E-state index in [9.17, 15) is 4.79 Å². The molecule has 1 unspecified atom stereocenters. The third-order valence-corrected chi connectivity index (χ3v) is 4.32. The predicted octanol–water partition coefficient (Wildman–Crippen LogP) is 2.03. The molecule has 1 saturated heterocycles. The predicted molar refractivity (Wildman–Crippen MR) is 85.0 cm³/mol. The van der Waals surface area contributed by atoms with Crippen molar-refractivity contribution < 1.29 is 0 Å². The molecule has 21 heavy (non-hydrogen) atoms. The van der Waals surface area contributed by atoms with Crippen molar-refractivity contribution in [1.29, 1.82) is 0 Å². The maximum atomic E-state index is 12.2. The molecule has 1 aliphatic rings. The number of hydrogen-bond donors (Lipinski definition) is 1. The van der Waals surface area contributed by atoms with E-state index < -0.39 is 0 Å². The van der Waals surface area contributed by atoms with Gasteiger partial charge in [-0.1, -0.05) is 12.1 Å². The average molecular weight is 285 g/mol. The third kappa shape index (κ3) is 2.95. The largest absolute Gasteiger partial charge is 0.332 e. The van der Waals surface area contributed by atoms with E-state index >= 15 is 0 Å². The summed E-state index contributed by atoms with van der Waals surface area (Å²) in [5.74, 6) is 0.711. The van der Waals surface area contributed by atoms with Crippen LogP contribution in [0, 0.1) is 12.8 Å². The zero-order valence-corrected chi connectivity index (χ0v) is 12.8. The minimum atomic E-state index is 0.0176. The zero-order chi connectivity index (χ0) is 14.8. The van der Waals surface area contributed by atoms with Crippen LogP contribution < -0.4 is 11.0 Å². The van der Waals surface area contributed by atoms with Crippen molar-refractivity contribution in [2.75, 3.05) is 13.1 Å². The fourth-order valence-electron chi connectivity index (χ4n) is 3.27. The molecule has 0 aliphatic carbocycles. The van der Waals surface area contributed by atoms with Crippen LogP contribution in [0.1, 0.15) is 24.1 Å². The summed E-state index contributed by atoms with van der Waals surface area (Å²) in [6.45, 7) is 4.23. The van der Waals surface area contributed by atoms with Gasteiger partial charge in [-0.05, 0) is 62.9 Å². The van der Waals surface area contributed by atoms with Crippen LogP contribution in [0.5, 0.6) is 0 Å². The summed E-state index contributed by atoms with van der Waals surface area (Å²) in [7, 11) is 1.80. The molecule has 4 heteroatoms. The molecule has 0 radical (unpaired) electrons. The molecular formula is C17H23N3O. The zero-order valence-electron chi connectivity index (χ0n) is 12.8. The van der Waals surface area contributed by atoms with Crippen molar-refractivity contribution in [2.45, 2.75) is 26.2 Å². The first-order valence-corrected chi connectivity index (χ1v) is 7.70. The van der Waals surface area contributed by atoms with Gasteiger partial charge in [-0.3, -0.25) is 4.57 Å². The highest BCUT2D eigenvalue weighted by atomic mass is 16.1. The lowest BCUT2D eigenvalue weighted by atomic mass is 9.92. The molecule has 1 fully saturated rings. The van der Waals surface area contributed by atoms with Crippen LogP contribution >= 0.6 is 0 Å². The number of aromatic nitrogens is 2. The number of aryl methyl sites for hydroxylation is 2. The SMILES string of the molecule is Cc1cn(C)c(=O)n1-c1cccc(CC2CCCNC2)c1. The molecule has 0 amide bonds. The molecule has 0 bridgehead atoms. The van der Waals surface area contributed by atoms with Gasteiger partial charge in [-0.25, -0.2) is 4.79 Å². The van der Waals surface area contributed by atoms with Gasteiger partial charge < -0.3 is 9.88 Å². The number of rotatable bonds is 3. The summed E-state index contributed by atoms with van der Waals surface area (Å²) in [6, 6.07) is 8.39. The fourth-order valence-corrected chi connectivity index (χ4v) is 3.27. The fraction of sp³-hybridized carbons (Fsp3) is 0.471. The Labute approximate surface area is 125 Å². The summed E-state index contributed by atoms with van der Waals surface area (Å²) < 4.78 is 3.41. The molecule has 1 aliphatic heterocycles. The van der Waals surface area contributed by atoms with E-state index in [0.717, 1.165) is 30.9 Å². The van der Waals surface area contributed by atoms with Crippen LogP contribution in [0.25, 0.3) is 5.69 Å². The van der Waals surface area contributed by atoms with Crippen LogP contribution in [0.4, 0.5) is 0 Å². The van der Waals surface area contributed by atoms with E-state index in [1.165, 1.54) is 18.4 Å². The van der Waals surface area contributed by atoms with Crippen molar-refractivity contribution in [1.82, 2.24) is 14.5 Å². The van der Waals surface area contributed by atoms with Gasteiger partial charge in [0.2, 0.25) is 0 Å². The molecule has 112 valence electrons. The first-order valence-electron chi connectivity index (χ1n) is 7.70. The summed E-state index contributed by atoms with van der Waals surface area (Å²) in [6.07, 6.45) is 5.52. The van der Waals surface area contributed by atoms with Crippen LogP contribution in [0.2, 0.25) is 0 Å². The summed E-state index contributed by atoms with van der Waals surface area (Å²) >= 11 is 0. The Morgan fingerprint density at radius 3 is 2.90 bits per heavy atom. The smallest absolute Gasteiger partial charge is 0.316 e. The van der Waals surface area contributed by atoms with E-state index in [1.54, 1.807) is 16.2 Å². The first kappa shape index (κ1) is 14.1. The number of benzene rings is 1. The number of piperidine rings is 1. The van der Waals surface area contributed by atoms with Gasteiger partial charge in [0.05, 0.1) is 5.69 Å². The maximum absolute atomic E-state index is 12.2. The molecule has 2 aromatic rings. The molecular weight excluding hydrogens is 262 g/mol. The van der Waals surface area contributed by atoms with Gasteiger partial charge >= 0.3 is 5.69 Å². The second-order valence-electron chi connectivity index (χ2n) is 6.09. The van der Waals surface area contributed by atoms with Crippen molar-refractivity contribution in [2.24, 2.45) is 13.0 Å². The van der Waals surface area contributed by atoms with Gasteiger partial charge in [0.15, 0.2) is 0 Å². The van der Waals surface area contributed by atoms with E-state index in [2.05, 4.69) is 23.5 Å². The Bertz CT molecular complexity index is 678. The van der Waals surface area contributed by atoms with E-state index in [0.29, 0.717) is 5.92 Å². The highest BCUT2D eigenvalue weighted by Crippen LogP contribution is 2.18. The Balaban J connectivity index is 1.87. The van der Waals surface area contributed by atoms with E-state index in [-0.39, 0.29) is 5.69 Å². The molecule has 1 N–H and O–H groups in total. The lowest BCUT2D eigenvalue weighted by molar-refractivity contribution is 0.376. The highest BCUT2D eigenvalue weighted by molar-refractivity contribution is 5.37. The standard InChI is InChI=1S/C17H23N3O/c1-13-12-19(2)17(21)20(13)16-7-3-5-14(10-16)9-15-6-4-8-18-11-15/h3,5,7,10,12,15,18H,4,6,8-9,11H2,1-2H3. The normalized spacial score (nSPS) is 18.9. The molecule has 4 nitrogen and oxygen atoms in total. The monoisotopic (exact) mass is 285 g/mol. The molecule has 1 aromatic heterocycles. The van der Waals surface area contributed by atoms with Gasteiger partial charge in [-0.15, -0.1) is 0 Å². The summed E-state index contributed by atoms with van der Waals surface area (Å²) in [5.41, 5.74) is 3.28. The Morgan fingerprint density at radius 1 is 1.38 bits per heavy atom. The summed E-state index contributed by atoms with van der Waals surface area (Å²) in [4.78, 5) is 12.2. The lowest BCUT2D eigenvalue weighted by Gasteiger charge is -2.22. The first-order chi connectivity index (χ1) is 10.1. The van der Waals surface area contributed by atoms with Gasteiger partial charge in [0.25, 0.3) is 0 Å². The summed E-state index contributed by atoms with van der Waals surface area (Å²) in [5, 5.41) is 3.46. The number of imidazole rings is 1. The third-order valence-electron chi connectivity index (χ3n) is 4.32. The van der Waals surface area contributed by atoms with Crippen molar-refractivity contribution in [3.63, 3.8) is 0 Å². The quantitative estimate of drug-likeness (QED) is 0.937. The Kier molecular flexibility index (Phi) is 3.97. The maximum Gasteiger partial charge on any atom is 0.332 e. The highest BCUT2D eigenvalue weighted by Gasteiger charge is 2.14. The molecule has 3 rings (SSSR count). The molecule has 1 aromatic carbocycles. The van der Waals surface area contributed by atoms with Crippen LogP contribution in [-0.2, 0) is 13.5 Å². The van der Waals surface area contributed by atoms with Gasteiger partial charge in [0.1, 0.15) is 0 Å². The van der Waals surface area contributed by atoms with Crippen LogP contribution in [0.15, 0.2) is 35.3 Å². The van der Waals surface area contributed by atoms with Gasteiger partial charge in [0, 0.05) is 18.9 Å². The Morgan fingerprint density at radius 2 is 2.24 bits per heavy atom. The Hall–Kier alpha value is -1.81. The van der Waals surface area contributed by atoms with Gasteiger partial charge in [-0.2, -0.15) is 0 Å². The van der Waals surface area contributed by atoms with Crippen LogP contribution in [0.3, 0.4) is 0 Å². The van der Waals surface area contributed by atoms with Crippen molar-refractivity contribution >= 4 is 0 Å². The molecule has 2 heterocycles. The molecule has 0 saturated carbocycles. The van der Waals surface area contributed by atoms with Crippen molar-refractivity contribution in [3.05, 3.63) is 52.2 Å². The number of hydrogen-bond acceptors (Lipinski definition) is 2. The lowest BCUT2D eigenvalue weighted by Crippen LogP contribution is -2.30. The molecule has 0 spiro atoms. The minimum absolute atomic E-state index is 0.0176. The average Bonchev–Trinajstić information content (AvgIpc) is 2.73. The molecule has 1 atom stereocenters. The number of nitrogens with zero attached hydrogens (tertiary/aromatic N) is 2. The topological polar surface area (TPSA) is 39.0 Å². The minimum Gasteiger partial charge on any atom is -0.316 e. The second-order valence-corrected chi connectivity index (χ2v) is 6.09. The van der Waals surface area contributed by atoms with E-state index in [4.69, 9.17) is 0 Å². The number of nitrogens with one attached hydrogen (secondary N) is 1. The van der Waals surface area contributed by atoms with E-state index in [1.807, 2.05) is 19.2 Å².